The van der Waals surface area contributed by atoms with E-state index in [0.29, 0.717) is 23.7 Å². The minimum Gasteiger partial charge on any atom is -0.396 e. The molecule has 0 aliphatic carbocycles. The molecule has 2 aromatic carbocycles. The van der Waals surface area contributed by atoms with Crippen LogP contribution in [-0.4, -0.2) is 27.8 Å². The third-order valence-electron chi connectivity index (χ3n) is 4.05. The molecule has 6 heteroatoms. The van der Waals surface area contributed by atoms with Crippen LogP contribution in [0, 0.1) is 0 Å². The van der Waals surface area contributed by atoms with Crippen molar-refractivity contribution in [1.29, 1.82) is 0 Å². The fourth-order valence-corrected chi connectivity index (χ4v) is 2.76. The van der Waals surface area contributed by atoms with Crippen molar-refractivity contribution >= 4 is 16.8 Å². The van der Waals surface area contributed by atoms with E-state index in [4.69, 9.17) is 5.11 Å². The van der Waals surface area contributed by atoms with Crippen LogP contribution in [0.15, 0.2) is 59.4 Å². The zero-order chi connectivity index (χ0) is 17.6. The van der Waals surface area contributed by atoms with Crippen molar-refractivity contribution in [2.45, 2.75) is 18.9 Å². The van der Waals surface area contributed by atoms with Crippen LogP contribution in [0.4, 0.5) is 0 Å². The van der Waals surface area contributed by atoms with E-state index in [-0.39, 0.29) is 18.3 Å². The number of nitrogens with one attached hydrogen (secondary N) is 2. The summed E-state index contributed by atoms with van der Waals surface area (Å²) in [5, 5.41) is 19.1. The Labute approximate surface area is 144 Å². The SMILES string of the molecule is O=C(NC(CCCO)c1ccccc1)c1n[nH]c2ccccc2c1=O. The number of nitrogens with zero attached hydrogens (tertiary/aromatic N) is 1. The summed E-state index contributed by atoms with van der Waals surface area (Å²) in [6.45, 7) is 0.0357. The molecular formula is C19H19N3O3. The quantitative estimate of drug-likeness (QED) is 0.642. The van der Waals surface area contributed by atoms with Gasteiger partial charge in [-0.25, -0.2) is 0 Å². The van der Waals surface area contributed by atoms with Crippen molar-refractivity contribution in [3.05, 3.63) is 76.1 Å². The second kappa shape index (κ2) is 7.72. The number of H-pyrrole nitrogens is 1. The van der Waals surface area contributed by atoms with Crippen LogP contribution in [0.1, 0.15) is 34.9 Å². The molecule has 0 aliphatic rings. The van der Waals surface area contributed by atoms with Crippen LogP contribution in [0.2, 0.25) is 0 Å². The third kappa shape index (κ3) is 3.75. The maximum absolute atomic E-state index is 12.6. The molecule has 1 aromatic heterocycles. The van der Waals surface area contributed by atoms with Crippen molar-refractivity contribution in [1.82, 2.24) is 15.5 Å². The predicted octanol–water partition coefficient (Wildman–Crippen LogP) is 2.17. The number of hydrogen-bond acceptors (Lipinski definition) is 4. The van der Waals surface area contributed by atoms with Crippen molar-refractivity contribution < 1.29 is 9.90 Å². The Morgan fingerprint density at radius 1 is 1.12 bits per heavy atom. The lowest BCUT2D eigenvalue weighted by molar-refractivity contribution is 0.0925. The van der Waals surface area contributed by atoms with E-state index in [0.717, 1.165) is 5.56 Å². The minimum absolute atomic E-state index is 0.0357. The molecule has 25 heavy (non-hydrogen) atoms. The van der Waals surface area contributed by atoms with Crippen LogP contribution in [-0.2, 0) is 0 Å². The van der Waals surface area contributed by atoms with Gasteiger partial charge in [0.15, 0.2) is 5.69 Å². The van der Waals surface area contributed by atoms with Gasteiger partial charge in [0, 0.05) is 12.0 Å². The molecule has 3 rings (SSSR count). The molecule has 1 atom stereocenters. The van der Waals surface area contributed by atoms with E-state index in [1.165, 1.54) is 0 Å². The molecule has 1 heterocycles. The number of fused-ring (bicyclic) bond motifs is 1. The number of rotatable bonds is 6. The first-order valence-corrected chi connectivity index (χ1v) is 8.15. The number of carbonyl (C=O) groups is 1. The Hall–Kier alpha value is -2.99. The molecule has 1 unspecified atom stereocenters. The highest BCUT2D eigenvalue weighted by atomic mass is 16.3. The molecular weight excluding hydrogens is 318 g/mol. The first-order valence-electron chi connectivity index (χ1n) is 8.15. The standard InChI is InChI=1S/C19H19N3O3/c23-12-6-11-15(13-7-2-1-3-8-13)20-19(25)17-18(24)14-9-4-5-10-16(14)21-22-17/h1-5,7-10,15,23H,6,11-12H2,(H,20,25)(H,21,24). The molecule has 0 radical (unpaired) electrons. The summed E-state index contributed by atoms with van der Waals surface area (Å²) >= 11 is 0. The number of aromatic amines is 1. The molecule has 6 nitrogen and oxygen atoms in total. The van der Waals surface area contributed by atoms with E-state index in [1.54, 1.807) is 24.3 Å². The highest BCUT2D eigenvalue weighted by Gasteiger charge is 2.19. The lowest BCUT2D eigenvalue weighted by Crippen LogP contribution is -2.33. The molecule has 0 aliphatic heterocycles. The minimum atomic E-state index is -0.529. The Morgan fingerprint density at radius 3 is 2.60 bits per heavy atom. The number of amides is 1. The van der Waals surface area contributed by atoms with E-state index in [9.17, 15) is 9.59 Å². The van der Waals surface area contributed by atoms with Crippen molar-refractivity contribution in [3.63, 3.8) is 0 Å². The Balaban J connectivity index is 1.89. The molecule has 128 valence electrons. The largest absolute Gasteiger partial charge is 0.396 e. The Kier molecular flexibility index (Phi) is 5.20. The number of aromatic nitrogens is 2. The Bertz CT molecular complexity index is 922. The number of aliphatic hydroxyl groups is 1. The molecule has 3 N–H and O–H groups in total. The summed E-state index contributed by atoms with van der Waals surface area (Å²) in [5.41, 5.74) is 0.940. The van der Waals surface area contributed by atoms with Crippen molar-refractivity contribution in [2.24, 2.45) is 0 Å². The first kappa shape index (κ1) is 16.9. The summed E-state index contributed by atoms with van der Waals surface area (Å²) in [4.78, 5) is 25.1. The third-order valence-corrected chi connectivity index (χ3v) is 4.05. The highest BCUT2D eigenvalue weighted by molar-refractivity contribution is 5.95. The van der Waals surface area contributed by atoms with Gasteiger partial charge in [-0.2, -0.15) is 5.10 Å². The molecule has 3 aromatic rings. The molecule has 0 bridgehead atoms. The van der Waals surface area contributed by atoms with Crippen molar-refractivity contribution in [3.8, 4) is 0 Å². The maximum Gasteiger partial charge on any atom is 0.276 e. The van der Waals surface area contributed by atoms with Gasteiger partial charge in [-0.3, -0.25) is 14.7 Å². The highest BCUT2D eigenvalue weighted by Crippen LogP contribution is 2.18. The van der Waals surface area contributed by atoms with Gasteiger partial charge in [-0.05, 0) is 30.5 Å². The van der Waals surface area contributed by atoms with E-state index in [2.05, 4.69) is 15.5 Å². The number of carbonyl (C=O) groups excluding carboxylic acids is 1. The van der Waals surface area contributed by atoms with Gasteiger partial charge in [0.25, 0.3) is 5.91 Å². The average Bonchev–Trinajstić information content (AvgIpc) is 2.66. The molecule has 0 spiro atoms. The topological polar surface area (TPSA) is 95.1 Å². The Morgan fingerprint density at radius 2 is 1.84 bits per heavy atom. The monoisotopic (exact) mass is 337 g/mol. The van der Waals surface area contributed by atoms with Crippen LogP contribution in [0.3, 0.4) is 0 Å². The normalized spacial score (nSPS) is 12.0. The molecule has 0 fully saturated rings. The van der Waals surface area contributed by atoms with Gasteiger partial charge in [-0.1, -0.05) is 42.5 Å². The van der Waals surface area contributed by atoms with E-state index in [1.807, 2.05) is 30.3 Å². The summed E-state index contributed by atoms with van der Waals surface area (Å²) in [6.07, 6.45) is 1.11. The van der Waals surface area contributed by atoms with Gasteiger partial charge < -0.3 is 10.4 Å². The van der Waals surface area contributed by atoms with Gasteiger partial charge in [0.05, 0.1) is 11.6 Å². The van der Waals surface area contributed by atoms with Gasteiger partial charge in [0.2, 0.25) is 5.43 Å². The lowest BCUT2D eigenvalue weighted by Gasteiger charge is -2.18. The summed E-state index contributed by atoms with van der Waals surface area (Å²) in [6, 6.07) is 16.1. The number of hydrogen-bond donors (Lipinski definition) is 3. The molecule has 0 saturated heterocycles. The lowest BCUT2D eigenvalue weighted by atomic mass is 10.0. The van der Waals surface area contributed by atoms with Gasteiger partial charge in [0.1, 0.15) is 0 Å². The van der Waals surface area contributed by atoms with Crippen LogP contribution < -0.4 is 10.7 Å². The average molecular weight is 337 g/mol. The molecule has 0 saturated carbocycles. The second-order valence-electron chi connectivity index (χ2n) is 5.75. The second-order valence-corrected chi connectivity index (χ2v) is 5.75. The zero-order valence-electron chi connectivity index (χ0n) is 13.6. The van der Waals surface area contributed by atoms with Crippen molar-refractivity contribution in [2.75, 3.05) is 6.61 Å². The van der Waals surface area contributed by atoms with Crippen LogP contribution >= 0.6 is 0 Å². The van der Waals surface area contributed by atoms with E-state index < -0.39 is 11.3 Å². The molecule has 1 amide bonds. The summed E-state index contributed by atoms with van der Waals surface area (Å²) in [5.74, 6) is -0.529. The fraction of sp³-hybridized carbons (Fsp3) is 0.211. The van der Waals surface area contributed by atoms with Crippen LogP contribution in [0.5, 0.6) is 0 Å². The number of para-hydroxylation sites is 1. The summed E-state index contributed by atoms with van der Waals surface area (Å²) < 4.78 is 0. The predicted molar refractivity (Wildman–Crippen MR) is 95.3 cm³/mol. The fourth-order valence-electron chi connectivity index (χ4n) is 2.76. The smallest absolute Gasteiger partial charge is 0.276 e. The van der Waals surface area contributed by atoms with Crippen LogP contribution in [0.25, 0.3) is 10.9 Å². The number of aliphatic hydroxyl groups excluding tert-OH is 1. The number of benzene rings is 2. The first-order chi connectivity index (χ1) is 12.2. The van der Waals surface area contributed by atoms with Gasteiger partial charge >= 0.3 is 0 Å². The van der Waals surface area contributed by atoms with E-state index >= 15 is 0 Å². The zero-order valence-corrected chi connectivity index (χ0v) is 13.6. The van der Waals surface area contributed by atoms with Gasteiger partial charge in [-0.15, -0.1) is 0 Å². The maximum atomic E-state index is 12.6. The summed E-state index contributed by atoms with van der Waals surface area (Å²) in [7, 11) is 0.